The molecule has 0 radical (unpaired) electrons. The van der Waals surface area contributed by atoms with Crippen molar-refractivity contribution in [2.24, 2.45) is 0 Å². The van der Waals surface area contributed by atoms with E-state index < -0.39 is 0 Å². The van der Waals surface area contributed by atoms with Gasteiger partial charge in [0.1, 0.15) is 5.82 Å². The summed E-state index contributed by atoms with van der Waals surface area (Å²) in [7, 11) is 0. The third kappa shape index (κ3) is 4.17. The predicted molar refractivity (Wildman–Crippen MR) is 109 cm³/mol. The lowest BCUT2D eigenvalue weighted by Gasteiger charge is -2.31. The van der Waals surface area contributed by atoms with Crippen molar-refractivity contribution in [3.63, 3.8) is 0 Å². The van der Waals surface area contributed by atoms with Crippen LogP contribution in [0, 0.1) is 5.82 Å². The van der Waals surface area contributed by atoms with Crippen LogP contribution in [0.1, 0.15) is 54.4 Å². The van der Waals surface area contributed by atoms with Gasteiger partial charge in [0.25, 0.3) is 5.91 Å². The lowest BCUT2D eigenvalue weighted by Crippen LogP contribution is -2.46. The van der Waals surface area contributed by atoms with E-state index in [2.05, 4.69) is 10.4 Å². The number of halogens is 1. The first-order valence-electron chi connectivity index (χ1n) is 10.7. The summed E-state index contributed by atoms with van der Waals surface area (Å²) in [6.07, 6.45) is 4.82. The van der Waals surface area contributed by atoms with Crippen molar-refractivity contribution in [3.05, 3.63) is 47.0 Å². The first-order chi connectivity index (χ1) is 14.6. The van der Waals surface area contributed by atoms with E-state index in [1.54, 1.807) is 28.6 Å². The van der Waals surface area contributed by atoms with Gasteiger partial charge in [0.2, 0.25) is 0 Å². The molecule has 1 fully saturated rings. The molecule has 0 atom stereocenters. The fourth-order valence-electron chi connectivity index (χ4n) is 4.25. The van der Waals surface area contributed by atoms with Gasteiger partial charge >= 0.3 is 6.09 Å². The molecule has 7 nitrogen and oxygen atoms in total. The van der Waals surface area contributed by atoms with E-state index in [4.69, 9.17) is 4.74 Å². The molecule has 0 saturated carbocycles. The normalized spacial score (nSPS) is 16.8. The second-order valence-electron chi connectivity index (χ2n) is 7.80. The zero-order valence-electron chi connectivity index (χ0n) is 17.2. The number of amides is 2. The number of aromatic nitrogens is 2. The van der Waals surface area contributed by atoms with Crippen LogP contribution < -0.4 is 5.32 Å². The van der Waals surface area contributed by atoms with E-state index in [1.165, 1.54) is 12.1 Å². The Hall–Kier alpha value is -2.90. The maximum absolute atomic E-state index is 13.3. The molecule has 1 N–H and O–H groups in total. The van der Waals surface area contributed by atoms with E-state index in [-0.39, 0.29) is 23.9 Å². The highest BCUT2D eigenvalue weighted by atomic mass is 19.1. The van der Waals surface area contributed by atoms with E-state index >= 15 is 0 Å². The average Bonchev–Trinajstić information content (AvgIpc) is 3.15. The second kappa shape index (κ2) is 8.85. The van der Waals surface area contributed by atoms with Crippen molar-refractivity contribution >= 4 is 12.0 Å². The molecule has 0 unspecified atom stereocenters. The number of nitrogens with one attached hydrogen (secondary N) is 1. The monoisotopic (exact) mass is 414 g/mol. The molecule has 1 aliphatic carbocycles. The van der Waals surface area contributed by atoms with Gasteiger partial charge in [-0.05, 0) is 69.7 Å². The van der Waals surface area contributed by atoms with Crippen molar-refractivity contribution < 1.29 is 18.7 Å². The Morgan fingerprint density at radius 2 is 1.87 bits per heavy atom. The van der Waals surface area contributed by atoms with Gasteiger partial charge in [0.05, 0.1) is 12.3 Å². The molecule has 0 spiro atoms. The van der Waals surface area contributed by atoms with Crippen LogP contribution in [0.5, 0.6) is 0 Å². The molecule has 30 heavy (non-hydrogen) atoms. The van der Waals surface area contributed by atoms with E-state index in [0.29, 0.717) is 38.2 Å². The smallest absolute Gasteiger partial charge is 0.409 e. The molecular weight excluding hydrogens is 387 g/mol. The zero-order chi connectivity index (χ0) is 21.1. The minimum absolute atomic E-state index is 0.00149. The topological polar surface area (TPSA) is 76.5 Å². The summed E-state index contributed by atoms with van der Waals surface area (Å²) < 4.78 is 20.2. The summed E-state index contributed by atoms with van der Waals surface area (Å²) in [6, 6.07) is 6.18. The highest BCUT2D eigenvalue weighted by Gasteiger charge is 2.29. The number of hydrogen-bond acceptors (Lipinski definition) is 4. The van der Waals surface area contributed by atoms with Crippen LogP contribution in [0.4, 0.5) is 9.18 Å². The van der Waals surface area contributed by atoms with Crippen molar-refractivity contribution in [2.45, 2.75) is 51.5 Å². The first-order valence-corrected chi connectivity index (χ1v) is 10.7. The number of benzene rings is 1. The fourth-order valence-corrected chi connectivity index (χ4v) is 4.25. The quantitative estimate of drug-likeness (QED) is 0.833. The van der Waals surface area contributed by atoms with Crippen molar-refractivity contribution in [2.75, 3.05) is 19.7 Å². The van der Waals surface area contributed by atoms with Gasteiger partial charge in [0.15, 0.2) is 5.69 Å². The molecule has 160 valence electrons. The number of ether oxygens (including phenoxy) is 1. The number of nitrogens with zero attached hydrogens (tertiary/aromatic N) is 3. The van der Waals surface area contributed by atoms with Crippen LogP contribution in [0.25, 0.3) is 5.69 Å². The molecule has 1 aliphatic heterocycles. The number of likely N-dealkylation sites (tertiary alicyclic amines) is 1. The van der Waals surface area contributed by atoms with E-state index in [0.717, 1.165) is 42.6 Å². The van der Waals surface area contributed by atoms with Crippen LogP contribution in [0.2, 0.25) is 0 Å². The van der Waals surface area contributed by atoms with Crippen LogP contribution in [0.15, 0.2) is 24.3 Å². The summed E-state index contributed by atoms with van der Waals surface area (Å²) in [5, 5.41) is 7.72. The van der Waals surface area contributed by atoms with Crippen molar-refractivity contribution in [1.29, 1.82) is 0 Å². The van der Waals surface area contributed by atoms with E-state index in [1.807, 2.05) is 0 Å². The minimum Gasteiger partial charge on any atom is -0.450 e. The zero-order valence-corrected chi connectivity index (χ0v) is 17.2. The summed E-state index contributed by atoms with van der Waals surface area (Å²) >= 11 is 0. The van der Waals surface area contributed by atoms with Gasteiger partial charge in [0, 0.05) is 30.4 Å². The summed E-state index contributed by atoms with van der Waals surface area (Å²) in [4.78, 5) is 26.6. The Labute approximate surface area is 175 Å². The van der Waals surface area contributed by atoms with Crippen LogP contribution in [0.3, 0.4) is 0 Å². The molecule has 2 amide bonds. The van der Waals surface area contributed by atoms with Gasteiger partial charge in [-0.25, -0.2) is 13.9 Å². The number of rotatable bonds is 4. The van der Waals surface area contributed by atoms with Crippen LogP contribution in [-0.4, -0.2) is 52.4 Å². The standard InChI is InChI=1S/C22H27FN4O3/c1-2-30-22(29)26-13-11-16(12-14-26)24-21(28)20-18-5-3-4-6-19(18)27(25-20)17-9-7-15(23)8-10-17/h7-10,16H,2-6,11-14H2,1H3,(H,24,28). The molecule has 8 heteroatoms. The SMILES string of the molecule is CCOC(=O)N1CCC(NC(=O)c2nn(-c3ccc(F)cc3)c3c2CCCC3)CC1. The maximum atomic E-state index is 13.3. The van der Waals surface area contributed by atoms with Crippen LogP contribution in [-0.2, 0) is 17.6 Å². The largest absolute Gasteiger partial charge is 0.450 e. The number of carbonyl (C=O) groups excluding carboxylic acids is 2. The van der Waals surface area contributed by atoms with Crippen molar-refractivity contribution in [3.8, 4) is 5.69 Å². The Morgan fingerprint density at radius 1 is 1.17 bits per heavy atom. The number of fused-ring (bicyclic) bond motifs is 1. The Morgan fingerprint density at radius 3 is 2.57 bits per heavy atom. The highest BCUT2D eigenvalue weighted by molar-refractivity contribution is 5.94. The third-order valence-electron chi connectivity index (χ3n) is 5.82. The van der Waals surface area contributed by atoms with Crippen LogP contribution >= 0.6 is 0 Å². The molecule has 0 bridgehead atoms. The van der Waals surface area contributed by atoms with Gasteiger partial charge in [-0.3, -0.25) is 4.79 Å². The van der Waals surface area contributed by atoms with Gasteiger partial charge in [-0.15, -0.1) is 0 Å². The molecule has 2 aromatic rings. The van der Waals surface area contributed by atoms with Gasteiger partial charge in [-0.1, -0.05) is 0 Å². The molecule has 1 aromatic heterocycles. The first kappa shape index (κ1) is 20.4. The number of carbonyl (C=O) groups is 2. The van der Waals surface area contributed by atoms with Gasteiger partial charge in [-0.2, -0.15) is 5.10 Å². The van der Waals surface area contributed by atoms with Crippen molar-refractivity contribution in [1.82, 2.24) is 20.0 Å². The Bertz CT molecular complexity index is 917. The predicted octanol–water partition coefficient (Wildman–Crippen LogP) is 3.24. The molecule has 1 saturated heterocycles. The third-order valence-corrected chi connectivity index (χ3v) is 5.82. The average molecular weight is 414 g/mol. The fraction of sp³-hybridized carbons (Fsp3) is 0.500. The molecular formula is C22H27FN4O3. The second-order valence-corrected chi connectivity index (χ2v) is 7.80. The lowest BCUT2D eigenvalue weighted by atomic mass is 9.95. The summed E-state index contributed by atoms with van der Waals surface area (Å²) in [6.45, 7) is 3.27. The van der Waals surface area contributed by atoms with E-state index in [9.17, 15) is 14.0 Å². The summed E-state index contributed by atoms with van der Waals surface area (Å²) in [5.74, 6) is -0.476. The molecule has 2 aliphatic rings. The summed E-state index contributed by atoms with van der Waals surface area (Å²) in [5.41, 5.74) is 3.25. The molecule has 4 rings (SSSR count). The maximum Gasteiger partial charge on any atom is 0.409 e. The minimum atomic E-state index is -0.299. The van der Waals surface area contributed by atoms with Gasteiger partial charge < -0.3 is 15.0 Å². The Balaban J connectivity index is 1.48. The molecule has 2 heterocycles. The number of piperidine rings is 1. The highest BCUT2D eigenvalue weighted by Crippen LogP contribution is 2.27. The number of hydrogen-bond donors (Lipinski definition) is 1. The lowest BCUT2D eigenvalue weighted by molar-refractivity contribution is 0.0855. The Kier molecular flexibility index (Phi) is 6.01. The molecule has 1 aromatic carbocycles.